The molecular weight excluding hydrogens is 274 g/mol. The van der Waals surface area contributed by atoms with E-state index in [0.29, 0.717) is 11.8 Å². The summed E-state index contributed by atoms with van der Waals surface area (Å²) >= 11 is 6.14. The second-order valence-electron chi connectivity index (χ2n) is 4.62. The van der Waals surface area contributed by atoms with Crippen LogP contribution in [0.15, 0.2) is 24.4 Å². The Hall–Kier alpha value is -1.81. The van der Waals surface area contributed by atoms with Gasteiger partial charge in [0.1, 0.15) is 5.75 Å². The summed E-state index contributed by atoms with van der Waals surface area (Å²) in [4.78, 5) is 8.45. The molecule has 1 aromatic heterocycles. The highest BCUT2D eigenvalue weighted by molar-refractivity contribution is 6.32. The molecule has 2 aromatic rings. The van der Waals surface area contributed by atoms with Gasteiger partial charge in [-0.1, -0.05) is 18.5 Å². The predicted molar refractivity (Wildman–Crippen MR) is 81.8 cm³/mol. The number of nitrogens with one attached hydrogen (secondary N) is 1. The molecule has 4 nitrogen and oxygen atoms in total. The Bertz CT molecular complexity index is 578. The largest absolute Gasteiger partial charge is 0.439 e. The highest BCUT2D eigenvalue weighted by atomic mass is 35.5. The molecule has 0 spiro atoms. The van der Waals surface area contributed by atoms with Crippen LogP contribution in [0.1, 0.15) is 24.5 Å². The Morgan fingerprint density at radius 2 is 1.95 bits per heavy atom. The Kier molecular flexibility index (Phi) is 4.79. The minimum atomic E-state index is 0.514. The lowest BCUT2D eigenvalue weighted by molar-refractivity contribution is 0.461. The first-order valence-electron chi connectivity index (χ1n) is 6.61. The molecule has 106 valence electrons. The van der Waals surface area contributed by atoms with Gasteiger partial charge in [0.2, 0.25) is 11.8 Å². The molecule has 1 N–H and O–H groups in total. The predicted octanol–water partition coefficient (Wildman–Crippen LogP) is 4.36. The zero-order valence-corrected chi connectivity index (χ0v) is 12.7. The molecule has 0 saturated heterocycles. The van der Waals surface area contributed by atoms with Crippen LogP contribution in [0.5, 0.6) is 11.6 Å². The number of benzene rings is 1. The summed E-state index contributed by atoms with van der Waals surface area (Å²) in [6.45, 7) is 6.84. The lowest BCUT2D eigenvalue weighted by Gasteiger charge is -2.10. The minimum Gasteiger partial charge on any atom is -0.439 e. The molecule has 2 rings (SSSR count). The molecule has 0 amide bonds. The summed E-state index contributed by atoms with van der Waals surface area (Å²) in [6.07, 6.45) is 2.69. The molecule has 0 aliphatic carbocycles. The van der Waals surface area contributed by atoms with Gasteiger partial charge in [0.05, 0.1) is 0 Å². The van der Waals surface area contributed by atoms with Crippen LogP contribution in [-0.2, 0) is 0 Å². The van der Waals surface area contributed by atoms with Crippen molar-refractivity contribution in [1.82, 2.24) is 9.97 Å². The van der Waals surface area contributed by atoms with Crippen LogP contribution in [0.2, 0.25) is 5.02 Å². The van der Waals surface area contributed by atoms with E-state index in [-0.39, 0.29) is 0 Å². The molecule has 0 saturated carbocycles. The molecule has 1 aromatic carbocycles. The molecule has 0 radical (unpaired) electrons. The van der Waals surface area contributed by atoms with Gasteiger partial charge in [-0.05, 0) is 43.5 Å². The van der Waals surface area contributed by atoms with Crippen molar-refractivity contribution in [2.24, 2.45) is 0 Å². The fourth-order valence-electron chi connectivity index (χ4n) is 1.81. The van der Waals surface area contributed by atoms with Crippen LogP contribution in [0.25, 0.3) is 0 Å². The highest BCUT2D eigenvalue weighted by Gasteiger charge is 2.06. The number of aryl methyl sites for hydroxylation is 2. The van der Waals surface area contributed by atoms with Crippen molar-refractivity contribution in [3.05, 3.63) is 40.5 Å². The molecule has 0 atom stereocenters. The van der Waals surface area contributed by atoms with E-state index in [0.717, 1.165) is 34.9 Å². The third kappa shape index (κ3) is 3.61. The van der Waals surface area contributed by atoms with E-state index >= 15 is 0 Å². The van der Waals surface area contributed by atoms with E-state index in [1.165, 1.54) is 0 Å². The number of hydrogen-bond acceptors (Lipinski definition) is 4. The van der Waals surface area contributed by atoms with Gasteiger partial charge in [-0.15, -0.1) is 0 Å². The Morgan fingerprint density at radius 1 is 1.25 bits per heavy atom. The second kappa shape index (κ2) is 6.57. The smallest absolute Gasteiger partial charge is 0.225 e. The number of ether oxygens (including phenoxy) is 1. The summed E-state index contributed by atoms with van der Waals surface area (Å²) in [5.41, 5.74) is 1.97. The maximum Gasteiger partial charge on any atom is 0.225 e. The average molecular weight is 292 g/mol. The van der Waals surface area contributed by atoms with E-state index in [2.05, 4.69) is 22.2 Å². The van der Waals surface area contributed by atoms with Crippen molar-refractivity contribution < 1.29 is 4.74 Å². The SMILES string of the molecule is CCCNc1nccc(Oc2cc(C)c(Cl)c(C)c2)n1. The fourth-order valence-corrected chi connectivity index (χ4v) is 1.92. The molecule has 0 bridgehead atoms. The average Bonchev–Trinajstić information content (AvgIpc) is 2.43. The molecule has 0 fully saturated rings. The van der Waals surface area contributed by atoms with E-state index < -0.39 is 0 Å². The molecule has 20 heavy (non-hydrogen) atoms. The van der Waals surface area contributed by atoms with Crippen molar-refractivity contribution in [1.29, 1.82) is 0 Å². The summed E-state index contributed by atoms with van der Waals surface area (Å²) in [5.74, 6) is 1.82. The van der Waals surface area contributed by atoms with Crippen LogP contribution in [0.3, 0.4) is 0 Å². The van der Waals surface area contributed by atoms with Gasteiger partial charge < -0.3 is 10.1 Å². The van der Waals surface area contributed by atoms with Crippen molar-refractivity contribution >= 4 is 17.5 Å². The first-order chi connectivity index (χ1) is 9.60. The molecule has 0 unspecified atom stereocenters. The van der Waals surface area contributed by atoms with Crippen LogP contribution in [0, 0.1) is 13.8 Å². The van der Waals surface area contributed by atoms with Crippen molar-refractivity contribution in [2.45, 2.75) is 27.2 Å². The zero-order valence-electron chi connectivity index (χ0n) is 11.9. The number of nitrogens with zero attached hydrogens (tertiary/aromatic N) is 2. The van der Waals surface area contributed by atoms with Crippen molar-refractivity contribution in [3.8, 4) is 11.6 Å². The minimum absolute atomic E-state index is 0.514. The van der Waals surface area contributed by atoms with Crippen molar-refractivity contribution in [2.75, 3.05) is 11.9 Å². The number of anilines is 1. The number of aromatic nitrogens is 2. The fraction of sp³-hybridized carbons (Fsp3) is 0.333. The number of rotatable bonds is 5. The van der Waals surface area contributed by atoms with Gasteiger partial charge in [-0.2, -0.15) is 4.98 Å². The monoisotopic (exact) mass is 291 g/mol. The van der Waals surface area contributed by atoms with Gasteiger partial charge in [-0.25, -0.2) is 4.98 Å². The van der Waals surface area contributed by atoms with Gasteiger partial charge in [0.15, 0.2) is 0 Å². The first-order valence-corrected chi connectivity index (χ1v) is 6.99. The first kappa shape index (κ1) is 14.6. The lowest BCUT2D eigenvalue weighted by Crippen LogP contribution is -2.04. The van der Waals surface area contributed by atoms with Crippen LogP contribution < -0.4 is 10.1 Å². The number of halogens is 1. The topological polar surface area (TPSA) is 47.0 Å². The third-order valence-electron chi connectivity index (χ3n) is 2.80. The molecule has 1 heterocycles. The van der Waals surface area contributed by atoms with Crippen molar-refractivity contribution in [3.63, 3.8) is 0 Å². The maximum atomic E-state index is 6.14. The highest BCUT2D eigenvalue weighted by Crippen LogP contribution is 2.28. The number of hydrogen-bond donors (Lipinski definition) is 1. The molecule has 0 aliphatic rings. The normalized spacial score (nSPS) is 10.4. The Labute approximate surface area is 124 Å². The van der Waals surface area contributed by atoms with Crippen LogP contribution >= 0.6 is 11.6 Å². The molecule has 5 heteroatoms. The molecule has 0 aliphatic heterocycles. The Morgan fingerprint density at radius 3 is 2.60 bits per heavy atom. The van der Waals surface area contributed by atoms with E-state index in [1.807, 2.05) is 26.0 Å². The summed E-state index contributed by atoms with van der Waals surface area (Å²) in [7, 11) is 0. The summed E-state index contributed by atoms with van der Waals surface area (Å²) in [6, 6.07) is 5.53. The van der Waals surface area contributed by atoms with E-state index in [4.69, 9.17) is 16.3 Å². The van der Waals surface area contributed by atoms with Gasteiger partial charge in [0, 0.05) is 23.8 Å². The third-order valence-corrected chi connectivity index (χ3v) is 3.39. The lowest BCUT2D eigenvalue weighted by atomic mass is 10.1. The zero-order chi connectivity index (χ0) is 14.5. The van der Waals surface area contributed by atoms with Crippen LogP contribution in [0.4, 0.5) is 5.95 Å². The second-order valence-corrected chi connectivity index (χ2v) is 5.00. The quantitative estimate of drug-likeness (QED) is 0.889. The van der Waals surface area contributed by atoms with Gasteiger partial charge in [0.25, 0.3) is 0 Å². The summed E-state index contributed by atoms with van der Waals surface area (Å²) in [5, 5.41) is 3.90. The standard InChI is InChI=1S/C15H18ClN3O/c1-4-6-17-15-18-7-5-13(19-15)20-12-8-10(2)14(16)11(3)9-12/h5,7-9H,4,6H2,1-3H3,(H,17,18,19). The summed E-state index contributed by atoms with van der Waals surface area (Å²) < 4.78 is 5.77. The Balaban J connectivity index is 2.17. The van der Waals surface area contributed by atoms with Gasteiger partial charge >= 0.3 is 0 Å². The molecular formula is C15H18ClN3O. The van der Waals surface area contributed by atoms with Gasteiger partial charge in [-0.3, -0.25) is 0 Å². The van der Waals surface area contributed by atoms with E-state index in [9.17, 15) is 0 Å². The van der Waals surface area contributed by atoms with E-state index in [1.54, 1.807) is 12.3 Å². The maximum absolute atomic E-state index is 6.14. The van der Waals surface area contributed by atoms with Crippen LogP contribution in [-0.4, -0.2) is 16.5 Å².